The van der Waals surface area contributed by atoms with Crippen molar-refractivity contribution < 1.29 is 13.9 Å². The van der Waals surface area contributed by atoms with Crippen molar-refractivity contribution in [1.29, 1.82) is 0 Å². The highest BCUT2D eigenvalue weighted by molar-refractivity contribution is 5.77. The van der Waals surface area contributed by atoms with Gasteiger partial charge in [0.05, 0.1) is 17.3 Å². The number of carbonyl (C=O) groups is 1. The standard InChI is InChI=1S/C33H38FN5O4/c1-33(2,3)43-31(41)36-24-13-15-25(16-14-24)39-30(40)28-18-23(34)19-35-29(28)38(32(39)42)26-11-8-10-21(17-26)27-12-7-6-9-22(27)20-37(4)5/h6-12,17-19,24-25H,13-16,20H2,1-5H3,(H,36,41). The van der Waals surface area contributed by atoms with Gasteiger partial charge >= 0.3 is 11.8 Å². The Kier molecular flexibility index (Phi) is 8.50. The third kappa shape index (κ3) is 6.69. The van der Waals surface area contributed by atoms with Crippen LogP contribution >= 0.6 is 0 Å². The van der Waals surface area contributed by atoms with Gasteiger partial charge in [0, 0.05) is 18.6 Å². The molecule has 1 N–H and O–H groups in total. The third-order valence-electron chi connectivity index (χ3n) is 7.59. The van der Waals surface area contributed by atoms with E-state index >= 15 is 0 Å². The smallest absolute Gasteiger partial charge is 0.407 e. The van der Waals surface area contributed by atoms with E-state index in [1.54, 1.807) is 26.8 Å². The molecule has 226 valence electrons. The molecule has 1 aliphatic carbocycles. The van der Waals surface area contributed by atoms with Crippen LogP contribution in [0, 0.1) is 5.82 Å². The average Bonchev–Trinajstić information content (AvgIpc) is 2.93. The molecule has 1 aliphatic rings. The Morgan fingerprint density at radius 1 is 1.05 bits per heavy atom. The molecule has 10 heteroatoms. The minimum Gasteiger partial charge on any atom is -0.444 e. The normalized spacial score (nSPS) is 17.3. The number of ether oxygens (including phenoxy) is 1. The highest BCUT2D eigenvalue weighted by atomic mass is 19.1. The molecule has 9 nitrogen and oxygen atoms in total. The Labute approximate surface area is 249 Å². The van der Waals surface area contributed by atoms with Gasteiger partial charge in [-0.3, -0.25) is 9.36 Å². The molecule has 2 aromatic heterocycles. The first-order valence-electron chi connectivity index (χ1n) is 14.6. The lowest BCUT2D eigenvalue weighted by molar-refractivity contribution is 0.0487. The van der Waals surface area contributed by atoms with Crippen molar-refractivity contribution in [2.45, 2.75) is 70.7 Å². The van der Waals surface area contributed by atoms with Crippen LogP contribution in [0.2, 0.25) is 0 Å². The van der Waals surface area contributed by atoms with Crippen LogP contribution in [0.1, 0.15) is 58.1 Å². The number of fused-ring (bicyclic) bond motifs is 1. The molecule has 1 amide bonds. The number of carbonyl (C=O) groups excluding carboxylic acids is 1. The molecule has 2 aromatic carbocycles. The van der Waals surface area contributed by atoms with E-state index in [2.05, 4.69) is 21.3 Å². The number of benzene rings is 2. The Morgan fingerprint density at radius 3 is 2.47 bits per heavy atom. The van der Waals surface area contributed by atoms with E-state index in [0.29, 0.717) is 31.4 Å². The van der Waals surface area contributed by atoms with Gasteiger partial charge in [0.2, 0.25) is 0 Å². The topological polar surface area (TPSA) is 98.5 Å². The lowest BCUT2D eigenvalue weighted by Gasteiger charge is -2.31. The van der Waals surface area contributed by atoms with E-state index in [1.807, 2.05) is 50.5 Å². The van der Waals surface area contributed by atoms with Crippen LogP contribution in [-0.2, 0) is 11.3 Å². The number of aromatic nitrogens is 3. The van der Waals surface area contributed by atoms with Crippen LogP contribution in [0.15, 0.2) is 70.4 Å². The lowest BCUT2D eigenvalue weighted by Crippen LogP contribution is -2.45. The summed E-state index contributed by atoms with van der Waals surface area (Å²) in [4.78, 5) is 46.4. The van der Waals surface area contributed by atoms with Gasteiger partial charge in [-0.25, -0.2) is 23.5 Å². The molecule has 0 atom stereocenters. The summed E-state index contributed by atoms with van der Waals surface area (Å²) in [5.41, 5.74) is 1.98. The quantitative estimate of drug-likeness (QED) is 0.323. The second kappa shape index (κ2) is 12.1. The maximum Gasteiger partial charge on any atom is 0.407 e. The van der Waals surface area contributed by atoms with Crippen molar-refractivity contribution in [3.05, 3.63) is 93.0 Å². The van der Waals surface area contributed by atoms with E-state index in [-0.39, 0.29) is 17.1 Å². The molecule has 4 aromatic rings. The van der Waals surface area contributed by atoms with Crippen LogP contribution in [-0.4, -0.2) is 50.8 Å². The van der Waals surface area contributed by atoms with E-state index in [4.69, 9.17) is 4.74 Å². The van der Waals surface area contributed by atoms with Crippen LogP contribution in [0.4, 0.5) is 9.18 Å². The van der Waals surface area contributed by atoms with E-state index < -0.39 is 34.8 Å². The molecule has 43 heavy (non-hydrogen) atoms. The molecular formula is C33H38FN5O4. The van der Waals surface area contributed by atoms with E-state index in [1.165, 1.54) is 9.13 Å². The minimum absolute atomic E-state index is 0.0343. The summed E-state index contributed by atoms with van der Waals surface area (Å²) >= 11 is 0. The lowest BCUT2D eigenvalue weighted by atomic mass is 9.91. The van der Waals surface area contributed by atoms with Crippen LogP contribution in [0.25, 0.3) is 27.8 Å². The van der Waals surface area contributed by atoms with Gasteiger partial charge < -0.3 is 15.0 Å². The molecule has 1 saturated carbocycles. The number of hydrogen-bond donors (Lipinski definition) is 1. The number of halogens is 1. The van der Waals surface area contributed by atoms with Gasteiger partial charge in [-0.15, -0.1) is 0 Å². The van der Waals surface area contributed by atoms with Crippen molar-refractivity contribution in [3.8, 4) is 16.8 Å². The fraction of sp³-hybridized carbons (Fsp3) is 0.394. The number of pyridine rings is 1. The fourth-order valence-corrected chi connectivity index (χ4v) is 5.78. The summed E-state index contributed by atoms with van der Waals surface area (Å²) in [5.74, 6) is -0.655. The molecule has 0 bridgehead atoms. The monoisotopic (exact) mass is 587 g/mol. The fourth-order valence-electron chi connectivity index (χ4n) is 5.78. The Balaban J connectivity index is 1.54. The number of rotatable bonds is 6. The summed E-state index contributed by atoms with van der Waals surface area (Å²) in [6.45, 7) is 6.14. The number of nitrogens with one attached hydrogen (secondary N) is 1. The van der Waals surface area contributed by atoms with E-state index in [9.17, 15) is 18.8 Å². The summed E-state index contributed by atoms with van der Waals surface area (Å²) in [6.07, 6.45) is 2.63. The molecule has 2 heterocycles. The zero-order valence-electron chi connectivity index (χ0n) is 25.3. The van der Waals surface area contributed by atoms with Crippen molar-refractivity contribution in [2.24, 2.45) is 0 Å². The van der Waals surface area contributed by atoms with Crippen molar-refractivity contribution >= 4 is 17.1 Å². The van der Waals surface area contributed by atoms with Gasteiger partial charge in [-0.2, -0.15) is 0 Å². The first-order chi connectivity index (χ1) is 20.4. The van der Waals surface area contributed by atoms with Gasteiger partial charge in [0.25, 0.3) is 5.56 Å². The summed E-state index contributed by atoms with van der Waals surface area (Å²) < 4.78 is 22.4. The molecule has 0 saturated heterocycles. The first-order valence-corrected chi connectivity index (χ1v) is 14.6. The maximum atomic E-state index is 14.4. The van der Waals surface area contributed by atoms with E-state index in [0.717, 1.165) is 35.5 Å². The zero-order valence-corrected chi connectivity index (χ0v) is 25.3. The number of alkyl carbamates (subject to hydrolysis) is 1. The summed E-state index contributed by atoms with van der Waals surface area (Å²) in [7, 11) is 4.02. The molecular weight excluding hydrogens is 549 g/mol. The molecule has 0 aliphatic heterocycles. The number of nitrogens with zero attached hydrogens (tertiary/aromatic N) is 4. The van der Waals surface area contributed by atoms with Crippen molar-refractivity contribution in [1.82, 2.24) is 24.3 Å². The predicted octanol–water partition coefficient (Wildman–Crippen LogP) is 5.42. The SMILES string of the molecule is CN(C)Cc1ccccc1-c1cccc(-n2c(=O)n(C3CCC(NC(=O)OC(C)(C)C)CC3)c(=O)c3cc(F)cnc32)c1. The summed E-state index contributed by atoms with van der Waals surface area (Å²) in [5, 5.41) is 2.93. The molecule has 1 fully saturated rings. The first kappa shape index (κ1) is 30.2. The number of amides is 1. The Hall–Kier alpha value is -4.31. The van der Waals surface area contributed by atoms with Gasteiger partial charge in [-0.1, -0.05) is 36.4 Å². The maximum absolute atomic E-state index is 14.4. The predicted molar refractivity (Wildman–Crippen MR) is 165 cm³/mol. The van der Waals surface area contributed by atoms with Crippen LogP contribution < -0.4 is 16.6 Å². The molecule has 0 unspecified atom stereocenters. The highest BCUT2D eigenvalue weighted by Crippen LogP contribution is 2.29. The average molecular weight is 588 g/mol. The van der Waals surface area contributed by atoms with Gasteiger partial charge in [-0.05, 0) is 95.4 Å². The van der Waals surface area contributed by atoms with Crippen LogP contribution in [0.5, 0.6) is 0 Å². The van der Waals surface area contributed by atoms with Gasteiger partial charge in [0.15, 0.2) is 5.65 Å². The number of hydrogen-bond acceptors (Lipinski definition) is 6. The molecule has 0 radical (unpaired) electrons. The highest BCUT2D eigenvalue weighted by Gasteiger charge is 2.29. The van der Waals surface area contributed by atoms with Gasteiger partial charge in [0.1, 0.15) is 11.4 Å². The van der Waals surface area contributed by atoms with Crippen LogP contribution in [0.3, 0.4) is 0 Å². The third-order valence-corrected chi connectivity index (χ3v) is 7.59. The second-order valence-corrected chi connectivity index (χ2v) is 12.4. The Bertz CT molecular complexity index is 1760. The summed E-state index contributed by atoms with van der Waals surface area (Å²) in [6, 6.07) is 16.2. The molecule has 5 rings (SSSR count). The second-order valence-electron chi connectivity index (χ2n) is 12.4. The largest absolute Gasteiger partial charge is 0.444 e. The zero-order chi connectivity index (χ0) is 30.9. The van der Waals surface area contributed by atoms with Crippen molar-refractivity contribution in [3.63, 3.8) is 0 Å². The minimum atomic E-state index is -0.655. The Morgan fingerprint density at radius 2 is 1.77 bits per heavy atom. The van der Waals surface area contributed by atoms with Crippen molar-refractivity contribution in [2.75, 3.05) is 14.1 Å². The molecule has 0 spiro atoms.